The van der Waals surface area contributed by atoms with Gasteiger partial charge in [-0.1, -0.05) is 18.2 Å². The van der Waals surface area contributed by atoms with Crippen LogP contribution in [0, 0.1) is 13.8 Å². The molecule has 1 fully saturated rings. The van der Waals surface area contributed by atoms with Crippen LogP contribution in [0.3, 0.4) is 0 Å². The summed E-state index contributed by atoms with van der Waals surface area (Å²) in [5.41, 5.74) is 2.68. The third-order valence-corrected chi connectivity index (χ3v) is 6.81. The molecule has 0 aromatic heterocycles. The zero-order valence-electron chi connectivity index (χ0n) is 17.5. The number of carbonyl (C=O) groups is 1. The monoisotopic (exact) mass is 415 g/mol. The van der Waals surface area contributed by atoms with Crippen molar-refractivity contribution >= 4 is 21.6 Å². The number of benzene rings is 2. The van der Waals surface area contributed by atoms with E-state index in [-0.39, 0.29) is 10.8 Å². The van der Waals surface area contributed by atoms with Crippen LogP contribution in [0.25, 0.3) is 0 Å². The molecule has 2 aromatic carbocycles. The Balaban J connectivity index is 1.86. The van der Waals surface area contributed by atoms with Gasteiger partial charge >= 0.3 is 0 Å². The molecule has 1 aliphatic rings. The number of hydrogen-bond acceptors (Lipinski definition) is 4. The molecule has 0 saturated carbocycles. The first kappa shape index (κ1) is 21.3. The molecule has 29 heavy (non-hydrogen) atoms. The maximum absolute atomic E-state index is 13.2. The highest BCUT2D eigenvalue weighted by atomic mass is 32.2. The Morgan fingerprint density at radius 3 is 2.59 bits per heavy atom. The van der Waals surface area contributed by atoms with Gasteiger partial charge in [-0.15, -0.1) is 0 Å². The average Bonchev–Trinajstić information content (AvgIpc) is 2.67. The number of likely N-dealkylation sites (tertiary alicyclic amines) is 1. The van der Waals surface area contributed by atoms with E-state index in [1.165, 1.54) is 6.07 Å². The maximum atomic E-state index is 13.2. The molecule has 3 rings (SSSR count). The molecule has 1 atom stereocenters. The maximum Gasteiger partial charge on any atom is 0.261 e. The van der Waals surface area contributed by atoms with Gasteiger partial charge in [0.25, 0.3) is 15.9 Å². The molecule has 7 heteroatoms. The summed E-state index contributed by atoms with van der Waals surface area (Å²) in [6.07, 6.45) is 2.01. The first-order chi connectivity index (χ1) is 13.7. The Bertz CT molecular complexity index is 1000. The minimum absolute atomic E-state index is 0.0918. The van der Waals surface area contributed by atoms with E-state index in [9.17, 15) is 13.2 Å². The number of anilines is 1. The number of nitrogens with one attached hydrogen (secondary N) is 1. The van der Waals surface area contributed by atoms with Gasteiger partial charge < -0.3 is 9.80 Å². The molecular formula is C22H29N3O3S. The highest BCUT2D eigenvalue weighted by Gasteiger charge is 2.27. The fourth-order valence-electron chi connectivity index (χ4n) is 3.65. The van der Waals surface area contributed by atoms with E-state index in [1.54, 1.807) is 30.3 Å². The summed E-state index contributed by atoms with van der Waals surface area (Å²) in [5.74, 6) is -0.110. The van der Waals surface area contributed by atoms with Crippen LogP contribution in [0.5, 0.6) is 0 Å². The van der Waals surface area contributed by atoms with Crippen LogP contribution in [0.2, 0.25) is 0 Å². The molecule has 1 N–H and O–H groups in total. The Morgan fingerprint density at radius 1 is 1.14 bits per heavy atom. The van der Waals surface area contributed by atoms with Crippen molar-refractivity contribution in [1.29, 1.82) is 0 Å². The van der Waals surface area contributed by atoms with Gasteiger partial charge in [-0.2, -0.15) is 0 Å². The first-order valence-electron chi connectivity index (χ1n) is 9.83. The van der Waals surface area contributed by atoms with Crippen molar-refractivity contribution in [2.45, 2.75) is 37.6 Å². The molecule has 1 heterocycles. The SMILES string of the molecule is Cc1cccc(NS(=O)(=O)c2ccc(C)c(C(=O)N3CCCC(N(C)C)C3)c2)c1. The summed E-state index contributed by atoms with van der Waals surface area (Å²) in [6, 6.07) is 12.2. The predicted octanol–water partition coefficient (Wildman–Crippen LogP) is 3.27. The van der Waals surface area contributed by atoms with Crippen LogP contribution < -0.4 is 4.72 Å². The number of rotatable bonds is 5. The molecule has 0 aliphatic carbocycles. The smallest absolute Gasteiger partial charge is 0.261 e. The second kappa shape index (κ2) is 8.55. The minimum Gasteiger partial charge on any atom is -0.337 e. The Labute approximate surface area is 173 Å². The zero-order chi connectivity index (χ0) is 21.2. The zero-order valence-corrected chi connectivity index (χ0v) is 18.3. The standard InChI is InChI=1S/C22H29N3O3S/c1-16-7-5-8-18(13-16)23-29(27,28)20-11-10-17(2)21(14-20)22(26)25-12-6-9-19(15-25)24(3)4/h5,7-8,10-11,13-14,19,23H,6,9,12,15H2,1-4H3. The van der Waals surface area contributed by atoms with Gasteiger partial charge in [0.15, 0.2) is 0 Å². The van der Waals surface area contributed by atoms with E-state index in [0.717, 1.165) is 24.0 Å². The van der Waals surface area contributed by atoms with Crippen molar-refractivity contribution in [3.8, 4) is 0 Å². The fourth-order valence-corrected chi connectivity index (χ4v) is 4.73. The summed E-state index contributed by atoms with van der Waals surface area (Å²) < 4.78 is 28.4. The van der Waals surface area contributed by atoms with E-state index in [0.29, 0.717) is 30.4 Å². The third-order valence-electron chi connectivity index (χ3n) is 5.43. The van der Waals surface area contributed by atoms with Gasteiger partial charge in [-0.05, 0) is 76.2 Å². The van der Waals surface area contributed by atoms with E-state index >= 15 is 0 Å². The molecular weight excluding hydrogens is 386 g/mol. The number of hydrogen-bond donors (Lipinski definition) is 1. The van der Waals surface area contributed by atoms with Crippen molar-refractivity contribution in [2.75, 3.05) is 31.9 Å². The number of sulfonamides is 1. The van der Waals surface area contributed by atoms with Crippen molar-refractivity contribution in [3.63, 3.8) is 0 Å². The minimum atomic E-state index is -3.79. The first-order valence-corrected chi connectivity index (χ1v) is 11.3. The van der Waals surface area contributed by atoms with E-state index < -0.39 is 10.0 Å². The number of aryl methyl sites for hydroxylation is 2. The summed E-state index contributed by atoms with van der Waals surface area (Å²) in [5, 5.41) is 0. The van der Waals surface area contributed by atoms with Gasteiger partial charge in [0.2, 0.25) is 0 Å². The predicted molar refractivity (Wildman–Crippen MR) is 116 cm³/mol. The summed E-state index contributed by atoms with van der Waals surface area (Å²) >= 11 is 0. The van der Waals surface area contributed by atoms with Gasteiger partial charge in [0.05, 0.1) is 4.90 Å². The van der Waals surface area contributed by atoms with Gasteiger partial charge in [0, 0.05) is 30.4 Å². The fraction of sp³-hybridized carbons (Fsp3) is 0.409. The second-order valence-corrected chi connectivity index (χ2v) is 9.64. The normalized spacial score (nSPS) is 17.4. The Kier molecular flexibility index (Phi) is 6.29. The molecule has 1 saturated heterocycles. The highest BCUT2D eigenvalue weighted by molar-refractivity contribution is 7.92. The molecule has 0 radical (unpaired) electrons. The number of amides is 1. The lowest BCUT2D eigenvalue weighted by molar-refractivity contribution is 0.0634. The summed E-state index contributed by atoms with van der Waals surface area (Å²) in [6.45, 7) is 5.09. The van der Waals surface area contributed by atoms with E-state index in [1.807, 2.05) is 38.9 Å². The molecule has 0 bridgehead atoms. The van der Waals surface area contributed by atoms with Crippen molar-refractivity contribution in [3.05, 3.63) is 59.2 Å². The summed E-state index contributed by atoms with van der Waals surface area (Å²) in [4.78, 5) is 17.2. The molecule has 2 aromatic rings. The molecule has 1 unspecified atom stereocenters. The number of likely N-dealkylation sites (N-methyl/N-ethyl adjacent to an activating group) is 1. The van der Waals surface area contributed by atoms with Crippen LogP contribution in [0.1, 0.15) is 34.3 Å². The molecule has 0 spiro atoms. The van der Waals surface area contributed by atoms with E-state index in [4.69, 9.17) is 0 Å². The second-order valence-electron chi connectivity index (χ2n) is 7.96. The van der Waals surface area contributed by atoms with Crippen LogP contribution in [-0.2, 0) is 10.0 Å². The molecule has 6 nitrogen and oxygen atoms in total. The molecule has 156 valence electrons. The topological polar surface area (TPSA) is 69.7 Å². The number of carbonyl (C=O) groups excluding carboxylic acids is 1. The van der Waals surface area contributed by atoms with Gasteiger partial charge in [-0.3, -0.25) is 9.52 Å². The lowest BCUT2D eigenvalue weighted by atomic mass is 10.0. The lowest BCUT2D eigenvalue weighted by Gasteiger charge is -2.36. The largest absolute Gasteiger partial charge is 0.337 e. The van der Waals surface area contributed by atoms with Gasteiger partial charge in [0.1, 0.15) is 0 Å². The molecule has 1 aliphatic heterocycles. The van der Waals surface area contributed by atoms with Gasteiger partial charge in [-0.25, -0.2) is 8.42 Å². The Hall–Kier alpha value is -2.38. The number of piperidine rings is 1. The van der Waals surface area contributed by atoms with Crippen LogP contribution in [-0.4, -0.2) is 57.4 Å². The average molecular weight is 416 g/mol. The van der Waals surface area contributed by atoms with Crippen LogP contribution in [0.15, 0.2) is 47.4 Å². The highest BCUT2D eigenvalue weighted by Crippen LogP contribution is 2.23. The number of nitrogens with zero attached hydrogens (tertiary/aromatic N) is 2. The van der Waals surface area contributed by atoms with E-state index in [2.05, 4.69) is 9.62 Å². The van der Waals surface area contributed by atoms with Crippen LogP contribution in [0.4, 0.5) is 5.69 Å². The summed E-state index contributed by atoms with van der Waals surface area (Å²) in [7, 11) is 0.257. The van der Waals surface area contributed by atoms with Crippen molar-refractivity contribution < 1.29 is 13.2 Å². The third kappa shape index (κ3) is 4.97. The quantitative estimate of drug-likeness (QED) is 0.814. The molecule has 1 amide bonds. The lowest BCUT2D eigenvalue weighted by Crippen LogP contribution is -2.47. The Morgan fingerprint density at radius 2 is 1.90 bits per heavy atom. The van der Waals surface area contributed by atoms with Crippen molar-refractivity contribution in [2.24, 2.45) is 0 Å². The van der Waals surface area contributed by atoms with Crippen molar-refractivity contribution in [1.82, 2.24) is 9.80 Å². The van der Waals surface area contributed by atoms with Crippen LogP contribution >= 0.6 is 0 Å².